The van der Waals surface area contributed by atoms with Crippen LogP contribution in [0.15, 0.2) is 18.5 Å². The molecule has 0 amide bonds. The van der Waals surface area contributed by atoms with E-state index in [1.165, 1.54) is 4.68 Å². The maximum atomic E-state index is 11.3. The number of rotatable bonds is 3. The van der Waals surface area contributed by atoms with E-state index in [4.69, 9.17) is 4.74 Å². The highest BCUT2D eigenvalue weighted by atomic mass is 16.6. The third-order valence-electron chi connectivity index (χ3n) is 3.23. The molecule has 21 heavy (non-hydrogen) atoms. The molecule has 2 aromatic rings. The van der Waals surface area contributed by atoms with Crippen LogP contribution in [0.1, 0.15) is 5.69 Å². The number of aromatic nitrogens is 4. The molecule has 0 bridgehead atoms. The van der Waals surface area contributed by atoms with Crippen molar-refractivity contribution in [2.45, 2.75) is 6.92 Å². The molecule has 9 heteroatoms. The minimum absolute atomic E-state index is 0.129. The monoisotopic (exact) mass is 290 g/mol. The van der Waals surface area contributed by atoms with E-state index in [9.17, 15) is 10.1 Å². The first kappa shape index (κ1) is 13.4. The second kappa shape index (κ2) is 5.44. The third-order valence-corrected chi connectivity index (χ3v) is 3.23. The van der Waals surface area contributed by atoms with Gasteiger partial charge in [-0.25, -0.2) is 9.67 Å². The zero-order chi connectivity index (χ0) is 14.8. The molecule has 0 N–H and O–H groups in total. The fourth-order valence-corrected chi connectivity index (χ4v) is 2.21. The number of hydrogen-bond acceptors (Lipinski definition) is 7. The number of nitrogens with zero attached hydrogens (tertiary/aromatic N) is 6. The minimum Gasteiger partial charge on any atom is -0.378 e. The van der Waals surface area contributed by atoms with Crippen molar-refractivity contribution in [1.29, 1.82) is 0 Å². The summed E-state index contributed by atoms with van der Waals surface area (Å²) in [6.07, 6.45) is 3.17. The van der Waals surface area contributed by atoms with Crippen LogP contribution in [0.5, 0.6) is 0 Å². The van der Waals surface area contributed by atoms with Crippen LogP contribution in [0.4, 0.5) is 11.6 Å². The van der Waals surface area contributed by atoms with E-state index in [2.05, 4.69) is 15.1 Å². The molecule has 0 unspecified atom stereocenters. The van der Waals surface area contributed by atoms with Gasteiger partial charge in [-0.2, -0.15) is 10.1 Å². The quantitative estimate of drug-likeness (QED) is 0.606. The molecule has 110 valence electrons. The molecule has 0 radical (unpaired) electrons. The van der Waals surface area contributed by atoms with Crippen LogP contribution in [-0.2, 0) is 4.74 Å². The van der Waals surface area contributed by atoms with Crippen molar-refractivity contribution in [3.8, 4) is 5.82 Å². The summed E-state index contributed by atoms with van der Waals surface area (Å²) in [6, 6.07) is 1.69. The lowest BCUT2D eigenvalue weighted by molar-refractivity contribution is -0.385. The molecule has 0 saturated carbocycles. The average Bonchev–Trinajstić information content (AvgIpc) is 3.01. The SMILES string of the molecule is Cc1nc(N2CCOCC2)nc(-n2cccn2)c1[N+](=O)[O-]. The van der Waals surface area contributed by atoms with Crippen molar-refractivity contribution in [1.82, 2.24) is 19.7 Å². The first-order valence-electron chi connectivity index (χ1n) is 6.52. The van der Waals surface area contributed by atoms with E-state index in [0.717, 1.165) is 0 Å². The normalized spacial score (nSPS) is 15.2. The molecule has 9 nitrogen and oxygen atoms in total. The Bertz CT molecular complexity index is 651. The molecular formula is C12H14N6O3. The fraction of sp³-hybridized carbons (Fsp3) is 0.417. The molecule has 3 rings (SSSR count). The summed E-state index contributed by atoms with van der Waals surface area (Å²) in [4.78, 5) is 21.4. The number of nitro groups is 1. The molecule has 1 aliphatic rings. The number of ether oxygens (including phenoxy) is 1. The standard InChI is InChI=1S/C12H14N6O3/c1-9-10(18(19)20)11(17-4-2-3-13-17)15-12(14-9)16-5-7-21-8-6-16/h2-4H,5-8H2,1H3. The van der Waals surface area contributed by atoms with E-state index in [0.29, 0.717) is 37.9 Å². The molecule has 0 spiro atoms. The molecule has 1 aliphatic heterocycles. The van der Waals surface area contributed by atoms with Gasteiger partial charge in [0.25, 0.3) is 0 Å². The summed E-state index contributed by atoms with van der Waals surface area (Å²) in [6.45, 7) is 4.12. The Kier molecular flexibility index (Phi) is 3.48. The number of anilines is 1. The molecule has 2 aromatic heterocycles. The lowest BCUT2D eigenvalue weighted by Gasteiger charge is -2.27. The van der Waals surface area contributed by atoms with E-state index in [-0.39, 0.29) is 11.5 Å². The highest BCUT2D eigenvalue weighted by molar-refractivity contribution is 5.53. The maximum Gasteiger partial charge on any atom is 0.334 e. The van der Waals surface area contributed by atoms with Crippen LogP contribution in [0.3, 0.4) is 0 Å². The van der Waals surface area contributed by atoms with Gasteiger partial charge in [0, 0.05) is 25.5 Å². The Balaban J connectivity index is 2.10. The summed E-state index contributed by atoms with van der Waals surface area (Å²) in [7, 11) is 0. The van der Waals surface area contributed by atoms with Gasteiger partial charge in [-0.3, -0.25) is 10.1 Å². The van der Waals surface area contributed by atoms with Gasteiger partial charge >= 0.3 is 5.69 Å². The van der Waals surface area contributed by atoms with Crippen molar-refractivity contribution in [3.63, 3.8) is 0 Å². The summed E-state index contributed by atoms with van der Waals surface area (Å²) in [5.74, 6) is 0.644. The Morgan fingerprint density at radius 3 is 2.71 bits per heavy atom. The van der Waals surface area contributed by atoms with Gasteiger partial charge in [-0.15, -0.1) is 0 Å². The summed E-state index contributed by atoms with van der Waals surface area (Å²) >= 11 is 0. The lowest BCUT2D eigenvalue weighted by atomic mass is 10.3. The summed E-state index contributed by atoms with van der Waals surface area (Å²) < 4.78 is 6.68. The number of hydrogen-bond donors (Lipinski definition) is 0. The first-order valence-corrected chi connectivity index (χ1v) is 6.52. The second-order valence-corrected chi connectivity index (χ2v) is 4.59. The van der Waals surface area contributed by atoms with Gasteiger partial charge in [-0.05, 0) is 13.0 Å². The molecular weight excluding hydrogens is 276 g/mol. The lowest BCUT2D eigenvalue weighted by Crippen LogP contribution is -2.37. The van der Waals surface area contributed by atoms with Crippen LogP contribution in [-0.4, -0.2) is 51.0 Å². The van der Waals surface area contributed by atoms with Crippen LogP contribution in [0.2, 0.25) is 0 Å². The molecule has 1 fully saturated rings. The second-order valence-electron chi connectivity index (χ2n) is 4.59. The van der Waals surface area contributed by atoms with Crippen molar-refractivity contribution >= 4 is 11.6 Å². The van der Waals surface area contributed by atoms with Gasteiger partial charge in [0.1, 0.15) is 5.69 Å². The van der Waals surface area contributed by atoms with Gasteiger partial charge < -0.3 is 9.64 Å². The smallest absolute Gasteiger partial charge is 0.334 e. The predicted octanol–water partition coefficient (Wildman–Crippen LogP) is 0.716. The van der Waals surface area contributed by atoms with Crippen molar-refractivity contribution < 1.29 is 9.66 Å². The third kappa shape index (κ3) is 2.55. The summed E-state index contributed by atoms with van der Waals surface area (Å²) in [5, 5.41) is 15.3. The maximum absolute atomic E-state index is 11.3. The van der Waals surface area contributed by atoms with Crippen molar-refractivity contribution in [3.05, 3.63) is 34.3 Å². The highest BCUT2D eigenvalue weighted by Crippen LogP contribution is 2.26. The van der Waals surface area contributed by atoms with Crippen LogP contribution >= 0.6 is 0 Å². The Hall–Kier alpha value is -2.55. The average molecular weight is 290 g/mol. The largest absolute Gasteiger partial charge is 0.378 e. The van der Waals surface area contributed by atoms with Gasteiger partial charge in [0.05, 0.1) is 18.1 Å². The first-order chi connectivity index (χ1) is 10.2. The Morgan fingerprint density at radius 1 is 1.33 bits per heavy atom. The molecule has 1 saturated heterocycles. The van der Waals surface area contributed by atoms with E-state index in [1.54, 1.807) is 25.4 Å². The van der Waals surface area contributed by atoms with Gasteiger partial charge in [0.2, 0.25) is 11.8 Å². The zero-order valence-corrected chi connectivity index (χ0v) is 11.5. The number of morpholine rings is 1. The molecule has 0 aromatic carbocycles. The van der Waals surface area contributed by atoms with Gasteiger partial charge in [-0.1, -0.05) is 0 Å². The molecule has 0 atom stereocenters. The number of aryl methyl sites for hydroxylation is 1. The topological polar surface area (TPSA) is 99.2 Å². The Morgan fingerprint density at radius 2 is 2.10 bits per heavy atom. The van der Waals surface area contributed by atoms with Crippen LogP contribution < -0.4 is 4.90 Å². The van der Waals surface area contributed by atoms with Crippen LogP contribution in [0, 0.1) is 17.0 Å². The minimum atomic E-state index is -0.477. The molecule has 3 heterocycles. The van der Waals surface area contributed by atoms with Crippen LogP contribution in [0.25, 0.3) is 5.82 Å². The summed E-state index contributed by atoms with van der Waals surface area (Å²) in [5.41, 5.74) is 0.192. The van der Waals surface area contributed by atoms with Crippen molar-refractivity contribution in [2.75, 3.05) is 31.2 Å². The molecule has 0 aliphatic carbocycles. The Labute approximate surface area is 120 Å². The van der Waals surface area contributed by atoms with E-state index in [1.807, 2.05) is 4.90 Å². The predicted molar refractivity (Wildman–Crippen MR) is 73.6 cm³/mol. The van der Waals surface area contributed by atoms with Crippen molar-refractivity contribution in [2.24, 2.45) is 0 Å². The van der Waals surface area contributed by atoms with E-state index < -0.39 is 4.92 Å². The highest BCUT2D eigenvalue weighted by Gasteiger charge is 2.26. The van der Waals surface area contributed by atoms with E-state index >= 15 is 0 Å². The van der Waals surface area contributed by atoms with Gasteiger partial charge in [0.15, 0.2) is 0 Å². The zero-order valence-electron chi connectivity index (χ0n) is 11.5. The fourth-order valence-electron chi connectivity index (χ4n) is 2.21.